The van der Waals surface area contributed by atoms with E-state index in [0.717, 1.165) is 30.9 Å². The monoisotopic (exact) mass is 290 g/mol. The number of ether oxygens (including phenoxy) is 1. The fraction of sp³-hybridized carbons (Fsp3) is 0.588. The van der Waals surface area contributed by atoms with Gasteiger partial charge >= 0.3 is 6.03 Å². The first-order valence-corrected chi connectivity index (χ1v) is 7.79. The van der Waals surface area contributed by atoms with E-state index in [0.29, 0.717) is 12.6 Å². The predicted octanol–water partition coefficient (Wildman–Crippen LogP) is 3.20. The van der Waals surface area contributed by atoms with Gasteiger partial charge in [0.05, 0.1) is 7.11 Å². The fourth-order valence-corrected chi connectivity index (χ4v) is 3.07. The largest absolute Gasteiger partial charge is 0.497 e. The van der Waals surface area contributed by atoms with E-state index in [-0.39, 0.29) is 6.03 Å². The summed E-state index contributed by atoms with van der Waals surface area (Å²) in [6, 6.07) is 8.01. The number of nitrogens with zero attached hydrogens (tertiary/aromatic N) is 1. The third kappa shape index (κ3) is 4.38. The Morgan fingerprint density at radius 3 is 2.38 bits per heavy atom. The second-order valence-electron chi connectivity index (χ2n) is 6.04. The molecule has 1 aliphatic carbocycles. The van der Waals surface area contributed by atoms with E-state index in [1.54, 1.807) is 7.11 Å². The lowest BCUT2D eigenvalue weighted by atomic mass is 9.86. The Bertz CT molecular complexity index is 450. The van der Waals surface area contributed by atoms with Crippen LogP contribution in [0.5, 0.6) is 5.75 Å². The van der Waals surface area contributed by atoms with E-state index in [9.17, 15) is 4.79 Å². The first kappa shape index (κ1) is 15.7. The van der Waals surface area contributed by atoms with Crippen molar-refractivity contribution in [1.82, 2.24) is 4.90 Å². The smallest absolute Gasteiger partial charge is 0.315 e. The molecule has 0 atom stereocenters. The maximum Gasteiger partial charge on any atom is 0.315 e. The molecule has 4 heteroatoms. The molecule has 0 radical (unpaired) electrons. The van der Waals surface area contributed by atoms with E-state index in [1.165, 1.54) is 18.4 Å². The van der Waals surface area contributed by atoms with Crippen molar-refractivity contribution >= 4 is 6.03 Å². The van der Waals surface area contributed by atoms with Gasteiger partial charge < -0.3 is 15.4 Å². The quantitative estimate of drug-likeness (QED) is 0.905. The molecule has 1 aromatic rings. The first-order chi connectivity index (χ1) is 10.1. The summed E-state index contributed by atoms with van der Waals surface area (Å²) in [5.74, 6) is 1.63. The number of carbonyl (C=O) groups excluding carboxylic acids is 1. The van der Waals surface area contributed by atoms with E-state index in [1.807, 2.05) is 29.2 Å². The summed E-state index contributed by atoms with van der Waals surface area (Å²) in [6.07, 6.45) is 5.37. The Morgan fingerprint density at radius 1 is 1.24 bits per heavy atom. The highest BCUT2D eigenvalue weighted by atomic mass is 16.5. The molecule has 1 aromatic carbocycles. The molecular formula is C17H26N2O2. The molecule has 0 saturated heterocycles. The SMILES string of the molecule is COc1ccc(CCN(C(N)=O)C2CCC(C)CC2)cc1. The summed E-state index contributed by atoms with van der Waals surface area (Å²) in [7, 11) is 1.66. The average Bonchev–Trinajstić information content (AvgIpc) is 2.49. The number of hydrogen-bond donors (Lipinski definition) is 1. The Hall–Kier alpha value is -1.71. The van der Waals surface area contributed by atoms with Crippen molar-refractivity contribution in [2.45, 2.75) is 45.1 Å². The van der Waals surface area contributed by atoms with Gasteiger partial charge in [-0.25, -0.2) is 4.79 Å². The van der Waals surface area contributed by atoms with Gasteiger partial charge in [0.15, 0.2) is 0 Å². The van der Waals surface area contributed by atoms with Crippen LogP contribution in [0.2, 0.25) is 0 Å². The van der Waals surface area contributed by atoms with Crippen molar-refractivity contribution in [3.8, 4) is 5.75 Å². The fourth-order valence-electron chi connectivity index (χ4n) is 3.07. The van der Waals surface area contributed by atoms with Gasteiger partial charge in [0.2, 0.25) is 0 Å². The van der Waals surface area contributed by atoms with Crippen molar-refractivity contribution < 1.29 is 9.53 Å². The third-order valence-corrected chi connectivity index (χ3v) is 4.51. The van der Waals surface area contributed by atoms with Crippen LogP contribution in [0.3, 0.4) is 0 Å². The lowest BCUT2D eigenvalue weighted by Gasteiger charge is -2.35. The molecule has 0 spiro atoms. The highest BCUT2D eigenvalue weighted by molar-refractivity contribution is 5.72. The Kier molecular flexibility index (Phi) is 5.48. The van der Waals surface area contributed by atoms with Gasteiger partial charge in [-0.05, 0) is 55.7 Å². The summed E-state index contributed by atoms with van der Waals surface area (Å²) in [5, 5.41) is 0. The van der Waals surface area contributed by atoms with Crippen LogP contribution < -0.4 is 10.5 Å². The minimum absolute atomic E-state index is 0.289. The Balaban J connectivity index is 1.91. The number of benzene rings is 1. The van der Waals surface area contributed by atoms with Crippen molar-refractivity contribution in [2.75, 3.05) is 13.7 Å². The Morgan fingerprint density at radius 2 is 1.86 bits per heavy atom. The van der Waals surface area contributed by atoms with Gasteiger partial charge in [0.1, 0.15) is 5.75 Å². The number of rotatable bonds is 5. The van der Waals surface area contributed by atoms with Crippen molar-refractivity contribution in [3.63, 3.8) is 0 Å². The molecule has 4 nitrogen and oxygen atoms in total. The third-order valence-electron chi connectivity index (χ3n) is 4.51. The molecule has 0 heterocycles. The molecule has 0 bridgehead atoms. The van der Waals surface area contributed by atoms with Crippen LogP contribution in [0.15, 0.2) is 24.3 Å². The molecule has 1 saturated carbocycles. The predicted molar refractivity (Wildman–Crippen MR) is 84.4 cm³/mol. The number of amides is 2. The van der Waals surface area contributed by atoms with Gasteiger partial charge in [-0.3, -0.25) is 0 Å². The van der Waals surface area contributed by atoms with E-state index < -0.39 is 0 Å². The van der Waals surface area contributed by atoms with Crippen LogP contribution in [0.4, 0.5) is 4.79 Å². The van der Waals surface area contributed by atoms with Gasteiger partial charge in [-0.1, -0.05) is 19.1 Å². The number of nitrogens with two attached hydrogens (primary N) is 1. The van der Waals surface area contributed by atoms with E-state index >= 15 is 0 Å². The number of urea groups is 1. The molecule has 116 valence electrons. The molecule has 1 aliphatic rings. The Labute approximate surface area is 127 Å². The molecule has 21 heavy (non-hydrogen) atoms. The van der Waals surface area contributed by atoms with E-state index in [2.05, 4.69) is 6.92 Å². The zero-order valence-electron chi connectivity index (χ0n) is 13.0. The summed E-state index contributed by atoms with van der Waals surface area (Å²) < 4.78 is 5.15. The number of carbonyl (C=O) groups is 1. The van der Waals surface area contributed by atoms with Crippen LogP contribution in [0, 0.1) is 5.92 Å². The zero-order valence-corrected chi connectivity index (χ0v) is 13.0. The second-order valence-corrected chi connectivity index (χ2v) is 6.04. The van der Waals surface area contributed by atoms with Crippen LogP contribution in [-0.2, 0) is 6.42 Å². The molecular weight excluding hydrogens is 264 g/mol. The normalized spacial score (nSPS) is 21.8. The average molecular weight is 290 g/mol. The number of methoxy groups -OCH3 is 1. The van der Waals surface area contributed by atoms with Gasteiger partial charge in [0, 0.05) is 12.6 Å². The first-order valence-electron chi connectivity index (χ1n) is 7.79. The van der Waals surface area contributed by atoms with Gasteiger partial charge in [-0.2, -0.15) is 0 Å². The summed E-state index contributed by atoms with van der Waals surface area (Å²) in [4.78, 5) is 13.6. The molecule has 2 amide bonds. The second kappa shape index (κ2) is 7.34. The molecule has 0 aromatic heterocycles. The molecule has 2 N–H and O–H groups in total. The van der Waals surface area contributed by atoms with Crippen LogP contribution in [-0.4, -0.2) is 30.6 Å². The van der Waals surface area contributed by atoms with Crippen molar-refractivity contribution in [1.29, 1.82) is 0 Å². The maximum atomic E-state index is 11.7. The summed E-state index contributed by atoms with van der Waals surface area (Å²) in [6.45, 7) is 2.98. The lowest BCUT2D eigenvalue weighted by molar-refractivity contribution is 0.154. The molecule has 1 fully saturated rings. The van der Waals surface area contributed by atoms with Crippen LogP contribution in [0.1, 0.15) is 38.2 Å². The lowest BCUT2D eigenvalue weighted by Crippen LogP contribution is -2.46. The zero-order chi connectivity index (χ0) is 15.2. The molecule has 2 rings (SSSR count). The minimum atomic E-state index is -0.289. The minimum Gasteiger partial charge on any atom is -0.497 e. The maximum absolute atomic E-state index is 11.7. The number of hydrogen-bond acceptors (Lipinski definition) is 2. The summed E-state index contributed by atoms with van der Waals surface area (Å²) >= 11 is 0. The molecule has 0 aliphatic heterocycles. The highest BCUT2D eigenvalue weighted by Gasteiger charge is 2.25. The van der Waals surface area contributed by atoms with Crippen molar-refractivity contribution in [3.05, 3.63) is 29.8 Å². The van der Waals surface area contributed by atoms with Crippen LogP contribution in [0.25, 0.3) is 0 Å². The summed E-state index contributed by atoms with van der Waals surface area (Å²) in [5.41, 5.74) is 6.78. The van der Waals surface area contributed by atoms with Gasteiger partial charge in [-0.15, -0.1) is 0 Å². The topological polar surface area (TPSA) is 55.6 Å². The van der Waals surface area contributed by atoms with Crippen LogP contribution >= 0.6 is 0 Å². The van der Waals surface area contributed by atoms with Crippen molar-refractivity contribution in [2.24, 2.45) is 11.7 Å². The standard InChI is InChI=1S/C17H26N2O2/c1-13-3-7-15(8-4-13)19(17(18)20)12-11-14-5-9-16(21-2)10-6-14/h5-6,9-10,13,15H,3-4,7-8,11-12H2,1-2H3,(H2,18,20). The number of primary amides is 1. The highest BCUT2D eigenvalue weighted by Crippen LogP contribution is 2.27. The van der Waals surface area contributed by atoms with E-state index in [4.69, 9.17) is 10.5 Å². The van der Waals surface area contributed by atoms with Gasteiger partial charge in [0.25, 0.3) is 0 Å². The molecule has 0 unspecified atom stereocenters.